The summed E-state index contributed by atoms with van der Waals surface area (Å²) in [6.07, 6.45) is 2.48. The second kappa shape index (κ2) is 8.00. The quantitative estimate of drug-likeness (QED) is 0.593. The van der Waals surface area contributed by atoms with Gasteiger partial charge in [0, 0.05) is 12.1 Å². The number of ether oxygens (including phenoxy) is 1. The molecular weight excluding hydrogens is 410 g/mol. The first kappa shape index (κ1) is 19.9. The molecular formula is C19H13Cl2FN2O4. The number of carboxylic acid groups (broad SMARTS) is 1. The summed E-state index contributed by atoms with van der Waals surface area (Å²) < 4.78 is 20.0. The van der Waals surface area contributed by atoms with Gasteiger partial charge >= 0.3 is 5.97 Å². The number of hydrogen-bond donors (Lipinski definition) is 1. The Hall–Kier alpha value is -2.90. The molecule has 1 aromatic carbocycles. The van der Waals surface area contributed by atoms with Crippen molar-refractivity contribution in [2.45, 2.75) is 13.5 Å². The highest BCUT2D eigenvalue weighted by Crippen LogP contribution is 2.31. The highest BCUT2D eigenvalue weighted by atomic mass is 35.5. The molecule has 144 valence electrons. The zero-order chi connectivity index (χ0) is 20.4. The van der Waals surface area contributed by atoms with Crippen molar-refractivity contribution in [1.29, 1.82) is 0 Å². The summed E-state index contributed by atoms with van der Waals surface area (Å²) in [6, 6.07) is 6.93. The lowest BCUT2D eigenvalue weighted by Crippen LogP contribution is -2.22. The van der Waals surface area contributed by atoms with Crippen molar-refractivity contribution in [1.82, 2.24) is 9.55 Å². The SMILES string of the molecule is CCn1cc(Oc2ccc(F)nc2)c(=O)c(C(=O)O)c1-c1ccc(Cl)c(Cl)c1. The molecule has 0 bridgehead atoms. The topological polar surface area (TPSA) is 81.4 Å². The van der Waals surface area contributed by atoms with Crippen LogP contribution in [0.3, 0.4) is 0 Å². The van der Waals surface area contributed by atoms with Gasteiger partial charge in [-0.2, -0.15) is 4.39 Å². The third-order valence-corrected chi connectivity index (χ3v) is 4.66. The van der Waals surface area contributed by atoms with Crippen LogP contribution in [-0.4, -0.2) is 20.6 Å². The largest absolute Gasteiger partial charge is 0.477 e. The number of aromatic carboxylic acids is 1. The summed E-state index contributed by atoms with van der Waals surface area (Å²) in [4.78, 5) is 28.2. The second-order valence-corrected chi connectivity index (χ2v) is 6.50. The van der Waals surface area contributed by atoms with Crippen LogP contribution in [0.25, 0.3) is 11.3 Å². The fourth-order valence-corrected chi connectivity index (χ4v) is 2.96. The number of pyridine rings is 2. The molecule has 0 spiro atoms. The molecule has 0 radical (unpaired) electrons. The fourth-order valence-electron chi connectivity index (χ4n) is 2.66. The van der Waals surface area contributed by atoms with Crippen molar-refractivity contribution in [3.05, 3.63) is 74.5 Å². The number of nitrogens with zero attached hydrogens (tertiary/aromatic N) is 2. The van der Waals surface area contributed by atoms with Gasteiger partial charge in [-0.3, -0.25) is 4.79 Å². The first-order valence-corrected chi connectivity index (χ1v) is 8.83. The molecule has 3 aromatic rings. The number of hydrogen-bond acceptors (Lipinski definition) is 4. The van der Waals surface area contributed by atoms with Crippen molar-refractivity contribution in [2.24, 2.45) is 0 Å². The van der Waals surface area contributed by atoms with Crippen LogP contribution >= 0.6 is 23.2 Å². The van der Waals surface area contributed by atoms with Gasteiger partial charge in [0.2, 0.25) is 11.4 Å². The molecule has 2 aromatic heterocycles. The zero-order valence-electron chi connectivity index (χ0n) is 14.4. The third-order valence-electron chi connectivity index (χ3n) is 3.92. The van der Waals surface area contributed by atoms with Crippen molar-refractivity contribution >= 4 is 29.2 Å². The van der Waals surface area contributed by atoms with Gasteiger partial charge in [0.1, 0.15) is 11.3 Å². The van der Waals surface area contributed by atoms with Crippen LogP contribution in [0, 0.1) is 5.95 Å². The predicted molar refractivity (Wildman–Crippen MR) is 103 cm³/mol. The van der Waals surface area contributed by atoms with Gasteiger partial charge < -0.3 is 14.4 Å². The number of halogens is 3. The standard InChI is InChI=1S/C19H13Cl2FN2O4/c1-2-24-9-14(28-11-4-6-15(22)23-8-11)18(25)16(19(26)27)17(24)10-3-5-12(20)13(21)7-10/h3-9H,2H2,1H3,(H,26,27). The van der Waals surface area contributed by atoms with E-state index in [1.165, 1.54) is 24.4 Å². The highest BCUT2D eigenvalue weighted by molar-refractivity contribution is 6.42. The average molecular weight is 423 g/mol. The minimum atomic E-state index is -1.42. The Bertz CT molecular complexity index is 1110. The fraction of sp³-hybridized carbons (Fsp3) is 0.105. The molecule has 28 heavy (non-hydrogen) atoms. The Morgan fingerprint density at radius 2 is 2.00 bits per heavy atom. The van der Waals surface area contributed by atoms with Crippen molar-refractivity contribution in [3.8, 4) is 22.8 Å². The normalized spacial score (nSPS) is 10.7. The first-order chi connectivity index (χ1) is 13.3. The number of benzene rings is 1. The van der Waals surface area contributed by atoms with Crippen LogP contribution in [0.15, 0.2) is 47.5 Å². The van der Waals surface area contributed by atoms with E-state index in [0.29, 0.717) is 17.1 Å². The van der Waals surface area contributed by atoms with Crippen LogP contribution in [0.4, 0.5) is 4.39 Å². The van der Waals surface area contributed by atoms with E-state index in [2.05, 4.69) is 4.98 Å². The summed E-state index contributed by atoms with van der Waals surface area (Å²) >= 11 is 12.0. The molecule has 0 atom stereocenters. The number of rotatable bonds is 5. The lowest BCUT2D eigenvalue weighted by atomic mass is 10.0. The lowest BCUT2D eigenvalue weighted by Gasteiger charge is -2.17. The van der Waals surface area contributed by atoms with Crippen LogP contribution in [0.5, 0.6) is 11.5 Å². The Kier molecular flexibility index (Phi) is 5.67. The van der Waals surface area contributed by atoms with Gasteiger partial charge in [-0.05, 0) is 31.2 Å². The second-order valence-electron chi connectivity index (χ2n) is 5.68. The van der Waals surface area contributed by atoms with Gasteiger partial charge in [0.15, 0.2) is 5.75 Å². The van der Waals surface area contributed by atoms with E-state index in [1.807, 2.05) is 0 Å². The van der Waals surface area contributed by atoms with E-state index in [9.17, 15) is 19.1 Å². The lowest BCUT2D eigenvalue weighted by molar-refractivity contribution is 0.0695. The summed E-state index contributed by atoms with van der Waals surface area (Å²) in [5.41, 5.74) is -0.723. The van der Waals surface area contributed by atoms with Crippen molar-refractivity contribution < 1.29 is 19.0 Å². The Balaban J connectivity index is 2.22. The van der Waals surface area contributed by atoms with Crippen LogP contribution in [0.2, 0.25) is 10.0 Å². The highest BCUT2D eigenvalue weighted by Gasteiger charge is 2.23. The van der Waals surface area contributed by atoms with E-state index in [4.69, 9.17) is 27.9 Å². The smallest absolute Gasteiger partial charge is 0.342 e. The number of carboxylic acids is 1. The molecule has 3 rings (SSSR count). The zero-order valence-corrected chi connectivity index (χ0v) is 16.0. The number of carbonyl (C=O) groups is 1. The van der Waals surface area contributed by atoms with Gasteiger partial charge in [-0.25, -0.2) is 9.78 Å². The minimum Gasteiger partial charge on any atom is -0.477 e. The maximum atomic E-state index is 13.0. The first-order valence-electron chi connectivity index (χ1n) is 8.07. The molecule has 6 nitrogen and oxygen atoms in total. The van der Waals surface area contributed by atoms with E-state index in [0.717, 1.165) is 12.3 Å². The Labute approximate surface area is 168 Å². The van der Waals surface area contributed by atoms with E-state index >= 15 is 0 Å². The molecule has 0 fully saturated rings. The Morgan fingerprint density at radius 1 is 1.25 bits per heavy atom. The maximum absolute atomic E-state index is 13.0. The van der Waals surface area contributed by atoms with E-state index in [-0.39, 0.29) is 22.2 Å². The molecule has 0 saturated carbocycles. The number of aromatic nitrogens is 2. The van der Waals surface area contributed by atoms with Crippen molar-refractivity contribution in [3.63, 3.8) is 0 Å². The summed E-state index contributed by atoms with van der Waals surface area (Å²) in [7, 11) is 0. The molecule has 0 aliphatic rings. The monoisotopic (exact) mass is 422 g/mol. The maximum Gasteiger partial charge on any atom is 0.342 e. The van der Waals surface area contributed by atoms with Gasteiger partial charge in [0.25, 0.3) is 0 Å². The van der Waals surface area contributed by atoms with Crippen LogP contribution < -0.4 is 10.2 Å². The van der Waals surface area contributed by atoms with Crippen molar-refractivity contribution in [2.75, 3.05) is 0 Å². The predicted octanol–water partition coefficient (Wildman–Crippen LogP) is 4.87. The summed E-state index contributed by atoms with van der Waals surface area (Å²) in [5, 5.41) is 10.2. The Morgan fingerprint density at radius 3 is 2.57 bits per heavy atom. The molecule has 0 aliphatic carbocycles. The van der Waals surface area contributed by atoms with Crippen LogP contribution in [-0.2, 0) is 6.54 Å². The molecule has 0 aliphatic heterocycles. The molecule has 0 unspecified atom stereocenters. The molecule has 0 saturated heterocycles. The van der Waals surface area contributed by atoms with E-state index in [1.54, 1.807) is 17.6 Å². The van der Waals surface area contributed by atoms with Gasteiger partial charge in [0.05, 0.1) is 28.1 Å². The summed E-state index contributed by atoms with van der Waals surface area (Å²) in [5.74, 6) is -2.26. The van der Waals surface area contributed by atoms with E-state index < -0.39 is 22.9 Å². The van der Waals surface area contributed by atoms with Gasteiger partial charge in [-0.15, -0.1) is 0 Å². The summed E-state index contributed by atoms with van der Waals surface area (Å²) in [6.45, 7) is 2.12. The minimum absolute atomic E-state index is 0.0970. The molecule has 0 amide bonds. The van der Waals surface area contributed by atoms with Gasteiger partial charge in [-0.1, -0.05) is 29.3 Å². The average Bonchev–Trinajstić information content (AvgIpc) is 2.66. The third kappa shape index (κ3) is 3.85. The van der Waals surface area contributed by atoms with Crippen LogP contribution in [0.1, 0.15) is 17.3 Å². The molecule has 9 heteroatoms. The molecule has 2 heterocycles. The number of aryl methyl sites for hydroxylation is 1. The molecule has 1 N–H and O–H groups in total.